The maximum absolute atomic E-state index is 13.2. The zero-order valence-electron chi connectivity index (χ0n) is 15.1. The Kier molecular flexibility index (Phi) is 5.98. The van der Waals surface area contributed by atoms with E-state index in [0.29, 0.717) is 0 Å². The third kappa shape index (κ3) is 4.70. The van der Waals surface area contributed by atoms with Crippen molar-refractivity contribution in [1.29, 1.82) is 5.26 Å². The molecule has 1 aromatic rings. The molecule has 1 aromatic carbocycles. The van der Waals surface area contributed by atoms with Crippen molar-refractivity contribution < 1.29 is 22.8 Å². The number of nitrogens with two attached hydrogens (primary N) is 1. The Morgan fingerprint density at radius 2 is 2.00 bits per heavy atom. The van der Waals surface area contributed by atoms with Crippen molar-refractivity contribution >= 4 is 17.5 Å². The summed E-state index contributed by atoms with van der Waals surface area (Å²) in [6, 6.07) is 4.01. The molecule has 0 aromatic heterocycles. The van der Waals surface area contributed by atoms with Crippen LogP contribution < -0.4 is 10.6 Å². The largest absolute Gasteiger partial charge is 0.417 e. The number of carbonyl (C=O) groups excluding carboxylic acids is 2. The van der Waals surface area contributed by atoms with Crippen LogP contribution in [0.15, 0.2) is 18.2 Å². The van der Waals surface area contributed by atoms with Crippen LogP contribution in [-0.4, -0.2) is 42.4 Å². The molecular formula is C18H21F3N4O2. The second kappa shape index (κ2) is 7.86. The van der Waals surface area contributed by atoms with Gasteiger partial charge in [-0.15, -0.1) is 0 Å². The van der Waals surface area contributed by atoms with E-state index < -0.39 is 29.3 Å². The fourth-order valence-corrected chi connectivity index (χ4v) is 3.09. The predicted octanol–water partition coefficient (Wildman–Crippen LogP) is 2.13. The van der Waals surface area contributed by atoms with Crippen molar-refractivity contribution in [2.45, 2.75) is 32.5 Å². The van der Waals surface area contributed by atoms with Gasteiger partial charge in [-0.2, -0.15) is 18.4 Å². The zero-order chi connectivity index (χ0) is 20.4. The number of rotatable bonds is 4. The van der Waals surface area contributed by atoms with Crippen molar-refractivity contribution in [2.75, 3.05) is 24.5 Å². The molecule has 0 spiro atoms. The number of benzene rings is 1. The van der Waals surface area contributed by atoms with Gasteiger partial charge < -0.3 is 15.5 Å². The highest BCUT2D eigenvalue weighted by Gasteiger charge is 2.37. The molecule has 1 aliphatic rings. The van der Waals surface area contributed by atoms with Gasteiger partial charge in [0.25, 0.3) is 0 Å². The highest BCUT2D eigenvalue weighted by atomic mass is 19.4. The number of primary amides is 1. The molecule has 2 rings (SSSR count). The van der Waals surface area contributed by atoms with Crippen molar-refractivity contribution in [3.63, 3.8) is 0 Å². The molecule has 0 saturated carbocycles. The molecule has 1 heterocycles. The maximum Gasteiger partial charge on any atom is 0.417 e. The summed E-state index contributed by atoms with van der Waals surface area (Å²) in [4.78, 5) is 27.2. The van der Waals surface area contributed by atoms with Crippen LogP contribution in [0, 0.1) is 17.2 Å². The molecule has 1 fully saturated rings. The van der Waals surface area contributed by atoms with Crippen LogP contribution in [0.3, 0.4) is 0 Å². The first-order valence-corrected chi connectivity index (χ1v) is 8.49. The third-order valence-electron chi connectivity index (χ3n) is 4.41. The van der Waals surface area contributed by atoms with Crippen LogP contribution >= 0.6 is 0 Å². The van der Waals surface area contributed by atoms with E-state index in [2.05, 4.69) is 0 Å². The van der Waals surface area contributed by atoms with Gasteiger partial charge in [-0.25, -0.2) is 0 Å². The summed E-state index contributed by atoms with van der Waals surface area (Å²) >= 11 is 0. The van der Waals surface area contributed by atoms with Gasteiger partial charge in [0.1, 0.15) is 6.04 Å². The van der Waals surface area contributed by atoms with Gasteiger partial charge in [0, 0.05) is 31.7 Å². The van der Waals surface area contributed by atoms with Crippen molar-refractivity contribution in [3.05, 3.63) is 29.3 Å². The second-order valence-electron chi connectivity index (χ2n) is 6.89. The van der Waals surface area contributed by atoms with Crippen LogP contribution in [0.5, 0.6) is 0 Å². The Balaban J connectivity index is 2.28. The van der Waals surface area contributed by atoms with E-state index >= 15 is 0 Å². The van der Waals surface area contributed by atoms with Crippen LogP contribution in [0.4, 0.5) is 18.9 Å². The molecule has 0 aliphatic carbocycles. The first-order valence-electron chi connectivity index (χ1n) is 8.49. The van der Waals surface area contributed by atoms with Gasteiger partial charge >= 0.3 is 6.18 Å². The lowest BCUT2D eigenvalue weighted by molar-refractivity contribution is -0.140. The zero-order valence-corrected chi connectivity index (χ0v) is 15.1. The number of piperazine rings is 1. The van der Waals surface area contributed by atoms with Crippen molar-refractivity contribution in [3.8, 4) is 6.07 Å². The lowest BCUT2D eigenvalue weighted by Crippen LogP contribution is -2.60. The molecule has 0 bridgehead atoms. The lowest BCUT2D eigenvalue weighted by atomic mass is 10.0. The number of carbonyl (C=O) groups is 2. The second-order valence-corrected chi connectivity index (χ2v) is 6.89. The molecule has 1 saturated heterocycles. The number of halogens is 3. The fourth-order valence-electron chi connectivity index (χ4n) is 3.09. The Morgan fingerprint density at radius 1 is 1.33 bits per heavy atom. The smallest absolute Gasteiger partial charge is 0.368 e. The highest BCUT2D eigenvalue weighted by molar-refractivity contribution is 5.87. The summed E-state index contributed by atoms with van der Waals surface area (Å²) in [6.45, 7) is 4.20. The summed E-state index contributed by atoms with van der Waals surface area (Å²) in [5.74, 6) is -0.803. The molecule has 2 N–H and O–H groups in total. The quantitative estimate of drug-likeness (QED) is 0.864. The fraction of sp³-hybridized carbons (Fsp3) is 0.500. The SMILES string of the molecule is CC(C)CC(=O)N1CCN(c2ccc(C#N)c(C(F)(F)F)c2)CC1C(N)=O. The third-order valence-corrected chi connectivity index (χ3v) is 4.41. The van der Waals surface area contributed by atoms with E-state index in [1.165, 1.54) is 17.0 Å². The maximum atomic E-state index is 13.2. The van der Waals surface area contributed by atoms with E-state index in [0.717, 1.165) is 12.1 Å². The molecule has 2 amide bonds. The molecule has 1 aliphatic heterocycles. The number of anilines is 1. The highest BCUT2D eigenvalue weighted by Crippen LogP contribution is 2.35. The van der Waals surface area contributed by atoms with Gasteiger partial charge in [-0.1, -0.05) is 13.8 Å². The van der Waals surface area contributed by atoms with Gasteiger partial charge in [-0.05, 0) is 24.1 Å². The molecule has 1 atom stereocenters. The Hall–Kier alpha value is -2.76. The molecule has 9 heteroatoms. The summed E-state index contributed by atoms with van der Waals surface area (Å²) in [6.07, 6.45) is -4.40. The van der Waals surface area contributed by atoms with E-state index in [-0.39, 0.29) is 43.6 Å². The molecule has 27 heavy (non-hydrogen) atoms. The van der Waals surface area contributed by atoms with Crippen molar-refractivity contribution in [2.24, 2.45) is 11.7 Å². The lowest BCUT2D eigenvalue weighted by Gasteiger charge is -2.41. The van der Waals surface area contributed by atoms with Crippen LogP contribution in [0.25, 0.3) is 0 Å². The van der Waals surface area contributed by atoms with Crippen LogP contribution in [0.1, 0.15) is 31.4 Å². The topological polar surface area (TPSA) is 90.4 Å². The van der Waals surface area contributed by atoms with E-state index in [9.17, 15) is 22.8 Å². The Bertz CT molecular complexity index is 771. The van der Waals surface area contributed by atoms with Crippen LogP contribution in [0.2, 0.25) is 0 Å². The first-order chi connectivity index (χ1) is 12.5. The standard InChI is InChI=1S/C18H21F3N4O2/c1-11(2)7-16(26)25-6-5-24(10-15(25)17(23)27)13-4-3-12(9-22)14(8-13)18(19,20)21/h3-4,8,11,15H,5-7,10H2,1-2H3,(H2,23,27). The number of nitrogens with zero attached hydrogens (tertiary/aromatic N) is 3. The summed E-state index contributed by atoms with van der Waals surface area (Å²) in [5, 5.41) is 8.90. The minimum Gasteiger partial charge on any atom is -0.368 e. The number of alkyl halides is 3. The van der Waals surface area contributed by atoms with Crippen LogP contribution in [-0.2, 0) is 15.8 Å². The molecular weight excluding hydrogens is 361 g/mol. The van der Waals surface area contributed by atoms with Crippen molar-refractivity contribution in [1.82, 2.24) is 4.90 Å². The average molecular weight is 382 g/mol. The summed E-state index contributed by atoms with van der Waals surface area (Å²) in [7, 11) is 0. The predicted molar refractivity (Wildman–Crippen MR) is 92.5 cm³/mol. The summed E-state index contributed by atoms with van der Waals surface area (Å²) in [5.41, 5.74) is 4.15. The first kappa shape index (κ1) is 20.6. The molecule has 6 nitrogen and oxygen atoms in total. The molecule has 0 radical (unpaired) electrons. The Labute approximate surface area is 155 Å². The minimum atomic E-state index is -4.67. The number of nitriles is 1. The van der Waals surface area contributed by atoms with E-state index in [1.54, 1.807) is 4.90 Å². The minimum absolute atomic E-state index is 0.00235. The number of hydrogen-bond acceptors (Lipinski definition) is 4. The Morgan fingerprint density at radius 3 is 2.52 bits per heavy atom. The van der Waals surface area contributed by atoms with Gasteiger partial charge in [0.2, 0.25) is 11.8 Å². The van der Waals surface area contributed by atoms with Gasteiger partial charge in [-0.3, -0.25) is 9.59 Å². The molecule has 146 valence electrons. The monoisotopic (exact) mass is 382 g/mol. The van der Waals surface area contributed by atoms with E-state index in [1.807, 2.05) is 13.8 Å². The van der Waals surface area contributed by atoms with Gasteiger partial charge in [0.05, 0.1) is 17.2 Å². The summed E-state index contributed by atoms with van der Waals surface area (Å²) < 4.78 is 39.5. The molecule has 1 unspecified atom stereocenters. The van der Waals surface area contributed by atoms with E-state index in [4.69, 9.17) is 11.0 Å². The van der Waals surface area contributed by atoms with Gasteiger partial charge in [0.15, 0.2) is 0 Å². The number of amides is 2. The number of hydrogen-bond donors (Lipinski definition) is 1. The normalized spacial score (nSPS) is 17.7. The average Bonchev–Trinajstić information content (AvgIpc) is 2.59.